The fourth-order valence-electron chi connectivity index (χ4n) is 2.64. The number of H-pyrrole nitrogens is 1. The molecule has 1 aromatic carbocycles. The Morgan fingerprint density at radius 3 is 2.43 bits per heavy atom. The van der Waals surface area contributed by atoms with Crippen LogP contribution in [0.25, 0.3) is 22.3 Å². The summed E-state index contributed by atoms with van der Waals surface area (Å²) in [6.45, 7) is 8.10. The van der Waals surface area contributed by atoms with E-state index in [1.165, 1.54) is 5.56 Å². The van der Waals surface area contributed by atoms with Gasteiger partial charge in [0.1, 0.15) is 11.3 Å². The summed E-state index contributed by atoms with van der Waals surface area (Å²) in [5.74, 6) is 1.80. The van der Waals surface area contributed by atoms with Crippen molar-refractivity contribution in [2.24, 2.45) is 0 Å². The molecule has 2 heterocycles. The zero-order valence-electron chi connectivity index (χ0n) is 12.7. The van der Waals surface area contributed by atoms with Gasteiger partial charge in [0.05, 0.1) is 5.52 Å². The van der Waals surface area contributed by atoms with Gasteiger partial charge in [-0.3, -0.25) is 0 Å². The summed E-state index contributed by atoms with van der Waals surface area (Å²) in [7, 11) is 0. The van der Waals surface area contributed by atoms with E-state index < -0.39 is 0 Å². The molecule has 0 amide bonds. The van der Waals surface area contributed by atoms with Gasteiger partial charge in [0.2, 0.25) is 0 Å². The molecule has 0 bridgehead atoms. The van der Waals surface area contributed by atoms with Crippen LogP contribution in [0.1, 0.15) is 19.7 Å². The number of hydrogen-bond donors (Lipinski definition) is 1. The highest BCUT2D eigenvalue weighted by molar-refractivity contribution is 5.90. The van der Waals surface area contributed by atoms with Gasteiger partial charge >= 0.3 is 0 Å². The molecule has 0 atom stereocenters. The minimum absolute atomic E-state index is 0.808. The Morgan fingerprint density at radius 1 is 1.05 bits per heavy atom. The van der Waals surface area contributed by atoms with Crippen LogP contribution in [0.3, 0.4) is 0 Å². The molecule has 0 unspecified atom stereocenters. The fraction of sp³-hybridized carbons (Fsp3) is 0.294. The van der Waals surface area contributed by atoms with Crippen molar-refractivity contribution >= 4 is 16.9 Å². The first-order valence-corrected chi connectivity index (χ1v) is 7.40. The monoisotopic (exact) mass is 280 g/mol. The smallest absolute Gasteiger partial charge is 0.156 e. The molecular weight excluding hydrogens is 260 g/mol. The summed E-state index contributed by atoms with van der Waals surface area (Å²) in [6, 6.07) is 12.4. The zero-order valence-corrected chi connectivity index (χ0v) is 12.7. The van der Waals surface area contributed by atoms with E-state index in [1.54, 1.807) is 0 Å². The van der Waals surface area contributed by atoms with E-state index in [4.69, 9.17) is 0 Å². The van der Waals surface area contributed by atoms with Crippen LogP contribution in [-0.2, 0) is 0 Å². The van der Waals surface area contributed by atoms with Gasteiger partial charge in [-0.15, -0.1) is 0 Å². The number of aromatic nitrogens is 3. The molecule has 0 spiro atoms. The van der Waals surface area contributed by atoms with Gasteiger partial charge in [0, 0.05) is 18.8 Å². The van der Waals surface area contributed by atoms with Crippen molar-refractivity contribution in [3.63, 3.8) is 0 Å². The number of rotatable bonds is 4. The Labute approximate surface area is 124 Å². The van der Waals surface area contributed by atoms with E-state index >= 15 is 0 Å². The molecule has 3 aromatic rings. The van der Waals surface area contributed by atoms with E-state index in [0.29, 0.717) is 0 Å². The Bertz CT molecular complexity index is 742. The standard InChI is InChI=1S/C17H20N4/c1-4-21(5-2)17-16-15(18-12(3)19-17)11-14(20-16)13-9-7-6-8-10-13/h6-11,20H,4-5H2,1-3H3. The van der Waals surface area contributed by atoms with E-state index in [2.05, 4.69) is 51.9 Å². The van der Waals surface area contributed by atoms with Crippen LogP contribution in [0.5, 0.6) is 0 Å². The van der Waals surface area contributed by atoms with Gasteiger partial charge in [-0.05, 0) is 32.4 Å². The van der Waals surface area contributed by atoms with Crippen molar-refractivity contribution in [3.05, 3.63) is 42.2 Å². The molecule has 1 N–H and O–H groups in total. The summed E-state index contributed by atoms with van der Waals surface area (Å²) in [5, 5.41) is 0. The van der Waals surface area contributed by atoms with Crippen molar-refractivity contribution in [3.8, 4) is 11.3 Å². The second kappa shape index (κ2) is 5.56. The number of anilines is 1. The van der Waals surface area contributed by atoms with Gasteiger partial charge in [0.15, 0.2) is 5.82 Å². The number of aryl methyl sites for hydroxylation is 1. The molecule has 0 aliphatic heterocycles. The highest BCUT2D eigenvalue weighted by Crippen LogP contribution is 2.28. The molecule has 0 radical (unpaired) electrons. The summed E-state index contributed by atoms with van der Waals surface area (Å²) < 4.78 is 0. The van der Waals surface area contributed by atoms with Crippen molar-refractivity contribution < 1.29 is 0 Å². The molecule has 21 heavy (non-hydrogen) atoms. The van der Waals surface area contributed by atoms with Crippen molar-refractivity contribution in [2.75, 3.05) is 18.0 Å². The minimum atomic E-state index is 0.808. The third-order valence-electron chi connectivity index (χ3n) is 3.72. The highest BCUT2D eigenvalue weighted by Gasteiger charge is 2.14. The van der Waals surface area contributed by atoms with Gasteiger partial charge in [-0.25, -0.2) is 9.97 Å². The second-order valence-corrected chi connectivity index (χ2v) is 5.08. The lowest BCUT2D eigenvalue weighted by Crippen LogP contribution is -2.23. The highest BCUT2D eigenvalue weighted by atomic mass is 15.2. The SMILES string of the molecule is CCN(CC)c1nc(C)nc2cc(-c3ccccc3)[nH]c12. The molecule has 0 saturated heterocycles. The third kappa shape index (κ3) is 2.49. The fourth-order valence-corrected chi connectivity index (χ4v) is 2.64. The average Bonchev–Trinajstić information content (AvgIpc) is 2.93. The van der Waals surface area contributed by atoms with E-state index in [9.17, 15) is 0 Å². The van der Waals surface area contributed by atoms with E-state index in [0.717, 1.165) is 41.5 Å². The lowest BCUT2D eigenvalue weighted by atomic mass is 10.2. The number of nitrogens with one attached hydrogen (secondary N) is 1. The van der Waals surface area contributed by atoms with Gasteiger partial charge in [0.25, 0.3) is 0 Å². The van der Waals surface area contributed by atoms with Gasteiger partial charge in [-0.1, -0.05) is 30.3 Å². The lowest BCUT2D eigenvalue weighted by Gasteiger charge is -2.20. The largest absolute Gasteiger partial charge is 0.355 e. The minimum Gasteiger partial charge on any atom is -0.355 e. The summed E-state index contributed by atoms with van der Waals surface area (Å²) >= 11 is 0. The quantitative estimate of drug-likeness (QED) is 0.791. The van der Waals surface area contributed by atoms with Crippen LogP contribution in [-0.4, -0.2) is 28.0 Å². The van der Waals surface area contributed by atoms with Gasteiger partial charge < -0.3 is 9.88 Å². The van der Waals surface area contributed by atoms with Crippen LogP contribution < -0.4 is 4.90 Å². The maximum absolute atomic E-state index is 4.63. The molecule has 3 rings (SSSR count). The van der Waals surface area contributed by atoms with E-state index in [-0.39, 0.29) is 0 Å². The van der Waals surface area contributed by atoms with Crippen LogP contribution in [0.2, 0.25) is 0 Å². The number of hydrogen-bond acceptors (Lipinski definition) is 3. The molecular formula is C17H20N4. The first kappa shape index (κ1) is 13.6. The average molecular weight is 280 g/mol. The molecule has 0 aliphatic rings. The number of fused-ring (bicyclic) bond motifs is 1. The van der Waals surface area contributed by atoms with E-state index in [1.807, 2.05) is 25.1 Å². The Morgan fingerprint density at radius 2 is 1.76 bits per heavy atom. The normalized spacial score (nSPS) is 11.0. The maximum Gasteiger partial charge on any atom is 0.156 e. The lowest BCUT2D eigenvalue weighted by molar-refractivity contribution is 0.841. The molecule has 4 nitrogen and oxygen atoms in total. The zero-order chi connectivity index (χ0) is 14.8. The van der Waals surface area contributed by atoms with Crippen LogP contribution in [0.4, 0.5) is 5.82 Å². The van der Waals surface area contributed by atoms with Crippen molar-refractivity contribution in [1.29, 1.82) is 0 Å². The maximum atomic E-state index is 4.63. The Kier molecular flexibility index (Phi) is 3.60. The first-order chi connectivity index (χ1) is 10.2. The van der Waals surface area contributed by atoms with Crippen LogP contribution in [0.15, 0.2) is 36.4 Å². The molecule has 4 heteroatoms. The number of nitrogens with zero attached hydrogens (tertiary/aromatic N) is 3. The Hall–Kier alpha value is -2.36. The van der Waals surface area contributed by atoms with Crippen LogP contribution >= 0.6 is 0 Å². The number of aromatic amines is 1. The summed E-state index contributed by atoms with van der Waals surface area (Å²) in [6.07, 6.45) is 0. The number of benzene rings is 1. The molecule has 2 aromatic heterocycles. The summed E-state index contributed by atoms with van der Waals surface area (Å²) in [5.41, 5.74) is 4.24. The predicted molar refractivity (Wildman–Crippen MR) is 87.6 cm³/mol. The Balaban J connectivity index is 2.19. The molecule has 0 fully saturated rings. The predicted octanol–water partition coefficient (Wildman–Crippen LogP) is 3.78. The van der Waals surface area contributed by atoms with Crippen molar-refractivity contribution in [2.45, 2.75) is 20.8 Å². The van der Waals surface area contributed by atoms with Crippen LogP contribution in [0, 0.1) is 6.92 Å². The molecule has 0 saturated carbocycles. The third-order valence-corrected chi connectivity index (χ3v) is 3.72. The summed E-state index contributed by atoms with van der Waals surface area (Å²) in [4.78, 5) is 14.9. The topological polar surface area (TPSA) is 44.8 Å². The molecule has 0 aliphatic carbocycles. The first-order valence-electron chi connectivity index (χ1n) is 7.40. The van der Waals surface area contributed by atoms with Gasteiger partial charge in [-0.2, -0.15) is 0 Å². The second-order valence-electron chi connectivity index (χ2n) is 5.08. The van der Waals surface area contributed by atoms with Crippen molar-refractivity contribution in [1.82, 2.24) is 15.0 Å². The molecule has 108 valence electrons.